The fraction of sp³-hybridized carbons (Fsp3) is 0.176. The lowest BCUT2D eigenvalue weighted by Gasteiger charge is -2.15. The summed E-state index contributed by atoms with van der Waals surface area (Å²) in [4.78, 5) is 25.3. The molecule has 0 aliphatic heterocycles. The summed E-state index contributed by atoms with van der Waals surface area (Å²) in [5, 5.41) is 3.84. The Balaban J connectivity index is 1.86. The van der Waals surface area contributed by atoms with Crippen LogP contribution in [0, 0.1) is 5.82 Å². The van der Waals surface area contributed by atoms with Crippen LogP contribution >= 0.6 is 0 Å². The molecule has 4 rings (SSSR count). The number of nitrogen functional groups attached to an aromatic ring is 1. The summed E-state index contributed by atoms with van der Waals surface area (Å²) in [5.41, 5.74) is 7.12. The van der Waals surface area contributed by atoms with Crippen LogP contribution < -0.4 is 11.1 Å². The standard InChI is InChI=1S/C17H16FN9/c1-9(14-21-5-10(18)6-22-14)11-3-4-20-15-13(11)16(26-17(19)25-15)24-12-7-27(2)8-23-12/h3-9H,1-2H3,(H3,19,20,24,25,26). The van der Waals surface area contributed by atoms with Gasteiger partial charge in [0.2, 0.25) is 5.95 Å². The zero-order valence-corrected chi connectivity index (χ0v) is 14.6. The summed E-state index contributed by atoms with van der Waals surface area (Å²) < 4.78 is 15.0. The Bertz CT molecular complexity index is 1110. The van der Waals surface area contributed by atoms with Crippen LogP contribution in [0.4, 0.5) is 22.0 Å². The number of nitrogens with one attached hydrogen (secondary N) is 1. The van der Waals surface area contributed by atoms with Crippen molar-refractivity contribution in [3.63, 3.8) is 0 Å². The van der Waals surface area contributed by atoms with Gasteiger partial charge in [-0.3, -0.25) is 0 Å². The predicted octanol–water partition coefficient (Wildman–Crippen LogP) is 2.17. The lowest BCUT2D eigenvalue weighted by Crippen LogP contribution is -2.08. The number of nitrogens with two attached hydrogens (primary N) is 1. The molecule has 0 fully saturated rings. The minimum atomic E-state index is -0.487. The number of halogens is 1. The largest absolute Gasteiger partial charge is 0.368 e. The number of pyridine rings is 1. The average molecular weight is 365 g/mol. The molecule has 0 radical (unpaired) electrons. The summed E-state index contributed by atoms with van der Waals surface area (Å²) in [6.45, 7) is 1.92. The van der Waals surface area contributed by atoms with E-state index in [1.807, 2.05) is 30.8 Å². The zero-order valence-electron chi connectivity index (χ0n) is 14.6. The van der Waals surface area contributed by atoms with Gasteiger partial charge in [0.1, 0.15) is 17.5 Å². The van der Waals surface area contributed by atoms with Crippen LogP contribution in [0.1, 0.15) is 24.2 Å². The minimum Gasteiger partial charge on any atom is -0.368 e. The molecule has 0 aliphatic carbocycles. The van der Waals surface area contributed by atoms with Gasteiger partial charge in [0.05, 0.1) is 24.1 Å². The van der Waals surface area contributed by atoms with Crippen LogP contribution in [0.15, 0.2) is 37.2 Å². The Hall–Kier alpha value is -3.69. The van der Waals surface area contributed by atoms with Crippen molar-refractivity contribution in [2.45, 2.75) is 12.8 Å². The van der Waals surface area contributed by atoms with E-state index in [9.17, 15) is 4.39 Å². The summed E-state index contributed by atoms with van der Waals surface area (Å²) in [7, 11) is 1.87. The van der Waals surface area contributed by atoms with E-state index in [0.29, 0.717) is 28.5 Å². The van der Waals surface area contributed by atoms with Gasteiger partial charge in [-0.15, -0.1) is 0 Å². The summed E-state index contributed by atoms with van der Waals surface area (Å²) in [5.74, 6) is 0.929. The molecular weight excluding hydrogens is 349 g/mol. The molecule has 136 valence electrons. The third-order valence-electron chi connectivity index (χ3n) is 4.09. The third-order valence-corrected chi connectivity index (χ3v) is 4.09. The first-order chi connectivity index (χ1) is 13.0. The minimum absolute atomic E-state index is 0.0938. The van der Waals surface area contributed by atoms with Crippen LogP contribution in [0.3, 0.4) is 0 Å². The van der Waals surface area contributed by atoms with E-state index in [-0.39, 0.29) is 11.9 Å². The number of nitrogens with zero attached hydrogens (tertiary/aromatic N) is 7. The molecule has 9 nitrogen and oxygen atoms in total. The number of hydrogen-bond donors (Lipinski definition) is 2. The van der Waals surface area contributed by atoms with E-state index in [1.165, 1.54) is 0 Å². The van der Waals surface area contributed by atoms with Crippen LogP contribution in [0.5, 0.6) is 0 Å². The molecule has 1 unspecified atom stereocenters. The van der Waals surface area contributed by atoms with Crippen LogP contribution in [0.2, 0.25) is 0 Å². The Kier molecular flexibility index (Phi) is 4.07. The molecule has 27 heavy (non-hydrogen) atoms. The highest BCUT2D eigenvalue weighted by Gasteiger charge is 2.20. The van der Waals surface area contributed by atoms with Crippen molar-refractivity contribution in [2.24, 2.45) is 7.05 Å². The maximum Gasteiger partial charge on any atom is 0.224 e. The van der Waals surface area contributed by atoms with Gasteiger partial charge < -0.3 is 15.6 Å². The fourth-order valence-corrected chi connectivity index (χ4v) is 2.83. The Morgan fingerprint density at radius 3 is 2.63 bits per heavy atom. The normalized spacial score (nSPS) is 12.3. The van der Waals surface area contributed by atoms with Crippen molar-refractivity contribution < 1.29 is 4.39 Å². The van der Waals surface area contributed by atoms with Crippen LogP contribution in [0.25, 0.3) is 11.0 Å². The molecular formula is C17H16FN9. The van der Waals surface area contributed by atoms with Crippen molar-refractivity contribution >= 4 is 28.6 Å². The van der Waals surface area contributed by atoms with E-state index in [0.717, 1.165) is 18.0 Å². The average Bonchev–Trinajstić information content (AvgIpc) is 3.05. The topological polar surface area (TPSA) is 120 Å². The summed E-state index contributed by atoms with van der Waals surface area (Å²) >= 11 is 0. The van der Waals surface area contributed by atoms with Crippen molar-refractivity contribution in [2.75, 3.05) is 11.1 Å². The van der Waals surface area contributed by atoms with Gasteiger partial charge in [-0.25, -0.2) is 24.3 Å². The molecule has 3 N–H and O–H groups in total. The summed E-state index contributed by atoms with van der Waals surface area (Å²) in [6.07, 6.45) is 7.40. The molecule has 4 heterocycles. The van der Waals surface area contributed by atoms with Crippen LogP contribution in [-0.4, -0.2) is 34.5 Å². The highest BCUT2D eigenvalue weighted by atomic mass is 19.1. The van der Waals surface area contributed by atoms with Crippen molar-refractivity contribution in [1.82, 2.24) is 34.5 Å². The molecule has 0 saturated carbocycles. The van der Waals surface area contributed by atoms with Gasteiger partial charge in [0.15, 0.2) is 11.5 Å². The SMILES string of the molecule is CC(c1ncc(F)cn1)c1ccnc2nc(N)nc(Nc3cn(C)cn3)c12. The van der Waals surface area contributed by atoms with E-state index in [1.54, 1.807) is 12.5 Å². The zero-order chi connectivity index (χ0) is 19.0. The molecule has 0 bridgehead atoms. The predicted molar refractivity (Wildman–Crippen MR) is 97.7 cm³/mol. The fourth-order valence-electron chi connectivity index (χ4n) is 2.83. The van der Waals surface area contributed by atoms with Gasteiger partial charge in [0, 0.05) is 25.4 Å². The Labute approximate surface area is 153 Å². The number of rotatable bonds is 4. The lowest BCUT2D eigenvalue weighted by molar-refractivity contribution is 0.606. The number of anilines is 3. The van der Waals surface area contributed by atoms with Crippen molar-refractivity contribution in [3.05, 3.63) is 54.4 Å². The molecule has 0 amide bonds. The third kappa shape index (κ3) is 3.24. The highest BCUT2D eigenvalue weighted by molar-refractivity contribution is 5.92. The van der Waals surface area contributed by atoms with Gasteiger partial charge >= 0.3 is 0 Å². The molecule has 0 spiro atoms. The Morgan fingerprint density at radius 1 is 1.15 bits per heavy atom. The van der Waals surface area contributed by atoms with E-state index in [2.05, 4.69) is 35.2 Å². The first-order valence-corrected chi connectivity index (χ1v) is 8.16. The summed E-state index contributed by atoms with van der Waals surface area (Å²) in [6, 6.07) is 1.84. The number of aryl methyl sites for hydroxylation is 1. The molecule has 0 saturated heterocycles. The Morgan fingerprint density at radius 2 is 1.93 bits per heavy atom. The number of aromatic nitrogens is 7. The second-order valence-corrected chi connectivity index (χ2v) is 6.06. The smallest absolute Gasteiger partial charge is 0.224 e. The maximum absolute atomic E-state index is 13.2. The lowest BCUT2D eigenvalue weighted by atomic mass is 9.98. The molecule has 10 heteroatoms. The molecule has 4 aromatic rings. The first-order valence-electron chi connectivity index (χ1n) is 8.16. The van der Waals surface area contributed by atoms with E-state index >= 15 is 0 Å². The van der Waals surface area contributed by atoms with Crippen LogP contribution in [-0.2, 0) is 7.05 Å². The first kappa shape index (κ1) is 16.8. The van der Waals surface area contributed by atoms with Gasteiger partial charge in [-0.2, -0.15) is 9.97 Å². The second kappa shape index (κ2) is 6.56. The highest BCUT2D eigenvalue weighted by Crippen LogP contribution is 2.32. The maximum atomic E-state index is 13.2. The van der Waals surface area contributed by atoms with E-state index < -0.39 is 5.82 Å². The van der Waals surface area contributed by atoms with E-state index in [4.69, 9.17) is 5.73 Å². The van der Waals surface area contributed by atoms with Gasteiger partial charge in [-0.1, -0.05) is 6.92 Å². The number of fused-ring (bicyclic) bond motifs is 1. The van der Waals surface area contributed by atoms with Gasteiger partial charge in [0.25, 0.3) is 0 Å². The van der Waals surface area contributed by atoms with Crippen molar-refractivity contribution in [3.8, 4) is 0 Å². The van der Waals surface area contributed by atoms with Crippen molar-refractivity contribution in [1.29, 1.82) is 0 Å². The quantitative estimate of drug-likeness (QED) is 0.564. The monoisotopic (exact) mass is 365 g/mol. The molecule has 0 aliphatic rings. The molecule has 0 aromatic carbocycles. The number of hydrogen-bond acceptors (Lipinski definition) is 8. The molecule has 4 aromatic heterocycles. The molecule has 1 atom stereocenters. The van der Waals surface area contributed by atoms with Gasteiger partial charge in [-0.05, 0) is 11.6 Å². The second-order valence-electron chi connectivity index (χ2n) is 6.06. The number of imidazole rings is 1.